The molecular weight excluding hydrogens is 207 g/mol. The molecule has 0 aromatic heterocycles. The van der Waals surface area contributed by atoms with E-state index in [9.17, 15) is 9.18 Å². The van der Waals surface area contributed by atoms with Gasteiger partial charge in [-0.1, -0.05) is 12.1 Å². The molecule has 1 aromatic rings. The third-order valence-corrected chi connectivity index (χ3v) is 2.21. The summed E-state index contributed by atoms with van der Waals surface area (Å²) in [5.41, 5.74) is 0.935. The fraction of sp³-hybridized carbons (Fsp3) is 0.417. The number of carbonyl (C=O) groups excluding carboxylic acids is 1. The number of hydrogen-bond acceptors (Lipinski definition) is 2. The van der Waals surface area contributed by atoms with Crippen LogP contribution in [-0.2, 0) is 11.3 Å². The van der Waals surface area contributed by atoms with E-state index in [0.717, 1.165) is 12.1 Å². The molecule has 0 aliphatic heterocycles. The molecule has 0 bridgehead atoms. The molecule has 0 unspecified atom stereocenters. The second-order valence-corrected chi connectivity index (χ2v) is 3.85. The number of hydrogen-bond donors (Lipinski definition) is 1. The summed E-state index contributed by atoms with van der Waals surface area (Å²) in [4.78, 5) is 12.7. The van der Waals surface area contributed by atoms with Gasteiger partial charge in [-0.25, -0.2) is 4.39 Å². The minimum absolute atomic E-state index is 0.0286. The molecule has 1 aromatic carbocycles. The highest BCUT2D eigenvalue weighted by molar-refractivity contribution is 5.72. The Kier molecular flexibility index (Phi) is 4.92. The molecular formula is C12H17FN2O. The van der Waals surface area contributed by atoms with Crippen LogP contribution in [0.2, 0.25) is 0 Å². The lowest BCUT2D eigenvalue weighted by Crippen LogP contribution is -2.31. The van der Waals surface area contributed by atoms with E-state index >= 15 is 0 Å². The second-order valence-electron chi connectivity index (χ2n) is 3.85. The van der Waals surface area contributed by atoms with Gasteiger partial charge < -0.3 is 10.2 Å². The van der Waals surface area contributed by atoms with Crippen molar-refractivity contribution in [1.82, 2.24) is 10.2 Å². The molecule has 0 heterocycles. The van der Waals surface area contributed by atoms with Crippen LogP contribution in [0.1, 0.15) is 12.5 Å². The number of nitrogens with one attached hydrogen (secondary N) is 1. The summed E-state index contributed by atoms with van der Waals surface area (Å²) < 4.78 is 12.9. The second kappa shape index (κ2) is 6.23. The average molecular weight is 224 g/mol. The van der Waals surface area contributed by atoms with E-state index in [0.29, 0.717) is 13.1 Å². The summed E-state index contributed by atoms with van der Waals surface area (Å²) >= 11 is 0. The normalized spacial score (nSPS) is 10.5. The zero-order valence-corrected chi connectivity index (χ0v) is 9.66. The smallest absolute Gasteiger partial charge is 0.216 e. The van der Waals surface area contributed by atoms with E-state index in [1.807, 2.05) is 18.0 Å². The molecule has 16 heavy (non-hydrogen) atoms. The Morgan fingerprint density at radius 3 is 2.88 bits per heavy atom. The minimum atomic E-state index is -0.215. The first-order valence-electron chi connectivity index (χ1n) is 5.25. The number of carbonyl (C=O) groups is 1. The number of halogens is 1. The third-order valence-electron chi connectivity index (χ3n) is 2.21. The fourth-order valence-electron chi connectivity index (χ4n) is 1.45. The molecule has 1 N–H and O–H groups in total. The number of nitrogens with zero attached hydrogens (tertiary/aromatic N) is 1. The maximum atomic E-state index is 12.9. The molecule has 0 radical (unpaired) electrons. The van der Waals surface area contributed by atoms with Crippen LogP contribution < -0.4 is 5.32 Å². The zero-order valence-electron chi connectivity index (χ0n) is 9.66. The van der Waals surface area contributed by atoms with Crippen molar-refractivity contribution < 1.29 is 9.18 Å². The Balaban J connectivity index is 2.33. The summed E-state index contributed by atoms with van der Waals surface area (Å²) in [5.74, 6) is -0.244. The van der Waals surface area contributed by atoms with Crippen molar-refractivity contribution in [2.24, 2.45) is 0 Å². The van der Waals surface area contributed by atoms with Gasteiger partial charge in [-0.2, -0.15) is 0 Å². The molecule has 0 aliphatic rings. The fourth-order valence-corrected chi connectivity index (χ4v) is 1.45. The summed E-state index contributed by atoms with van der Waals surface area (Å²) in [6.45, 7) is 3.53. The molecule has 0 saturated carbocycles. The van der Waals surface area contributed by atoms with E-state index in [1.54, 1.807) is 6.07 Å². The van der Waals surface area contributed by atoms with Gasteiger partial charge in [0.15, 0.2) is 0 Å². The predicted octanol–water partition coefficient (Wildman–Crippen LogP) is 1.39. The largest absolute Gasteiger partial charge is 0.355 e. The van der Waals surface area contributed by atoms with Crippen molar-refractivity contribution in [3.63, 3.8) is 0 Å². The Morgan fingerprint density at radius 2 is 2.25 bits per heavy atom. The van der Waals surface area contributed by atoms with E-state index in [4.69, 9.17) is 0 Å². The first-order chi connectivity index (χ1) is 7.58. The standard InChI is InChI=1S/C12H17FN2O/c1-10(16)14-6-7-15(2)9-11-4-3-5-12(13)8-11/h3-5,8H,6-7,9H2,1-2H3,(H,14,16). The van der Waals surface area contributed by atoms with E-state index in [-0.39, 0.29) is 11.7 Å². The zero-order chi connectivity index (χ0) is 12.0. The molecule has 88 valence electrons. The van der Waals surface area contributed by atoms with Gasteiger partial charge in [0, 0.05) is 26.6 Å². The van der Waals surface area contributed by atoms with Gasteiger partial charge >= 0.3 is 0 Å². The van der Waals surface area contributed by atoms with Crippen LogP contribution in [0.3, 0.4) is 0 Å². The quantitative estimate of drug-likeness (QED) is 0.819. The Labute approximate surface area is 95.3 Å². The predicted molar refractivity (Wildman–Crippen MR) is 61.4 cm³/mol. The highest BCUT2D eigenvalue weighted by atomic mass is 19.1. The first-order valence-corrected chi connectivity index (χ1v) is 5.25. The van der Waals surface area contributed by atoms with Crippen molar-refractivity contribution in [2.75, 3.05) is 20.1 Å². The molecule has 4 heteroatoms. The lowest BCUT2D eigenvalue weighted by molar-refractivity contribution is -0.119. The topological polar surface area (TPSA) is 32.3 Å². The Morgan fingerprint density at radius 1 is 1.50 bits per heavy atom. The van der Waals surface area contributed by atoms with Gasteiger partial charge in [-0.3, -0.25) is 4.79 Å². The minimum Gasteiger partial charge on any atom is -0.355 e. The number of amides is 1. The van der Waals surface area contributed by atoms with Gasteiger partial charge in [-0.05, 0) is 24.7 Å². The average Bonchev–Trinajstić information content (AvgIpc) is 2.16. The van der Waals surface area contributed by atoms with E-state index in [1.165, 1.54) is 19.1 Å². The molecule has 0 fully saturated rings. The number of likely N-dealkylation sites (N-methyl/N-ethyl adjacent to an activating group) is 1. The van der Waals surface area contributed by atoms with E-state index in [2.05, 4.69) is 5.32 Å². The van der Waals surface area contributed by atoms with Crippen molar-refractivity contribution in [3.8, 4) is 0 Å². The van der Waals surface area contributed by atoms with Crippen LogP contribution in [0.15, 0.2) is 24.3 Å². The Bertz CT molecular complexity index is 355. The maximum Gasteiger partial charge on any atom is 0.216 e. The van der Waals surface area contributed by atoms with Crippen LogP contribution in [0.25, 0.3) is 0 Å². The lowest BCUT2D eigenvalue weighted by Gasteiger charge is -2.16. The van der Waals surface area contributed by atoms with Gasteiger partial charge in [-0.15, -0.1) is 0 Å². The molecule has 0 atom stereocenters. The molecule has 1 amide bonds. The van der Waals surface area contributed by atoms with Crippen molar-refractivity contribution in [3.05, 3.63) is 35.6 Å². The molecule has 0 aliphatic carbocycles. The highest BCUT2D eigenvalue weighted by Gasteiger charge is 2.01. The van der Waals surface area contributed by atoms with Crippen LogP contribution in [0, 0.1) is 5.82 Å². The van der Waals surface area contributed by atoms with Gasteiger partial charge in [0.25, 0.3) is 0 Å². The number of rotatable bonds is 5. The van der Waals surface area contributed by atoms with Crippen molar-refractivity contribution >= 4 is 5.91 Å². The molecule has 1 rings (SSSR count). The van der Waals surface area contributed by atoms with Crippen LogP contribution >= 0.6 is 0 Å². The lowest BCUT2D eigenvalue weighted by atomic mass is 10.2. The van der Waals surface area contributed by atoms with Gasteiger partial charge in [0.2, 0.25) is 5.91 Å². The highest BCUT2D eigenvalue weighted by Crippen LogP contribution is 2.05. The van der Waals surface area contributed by atoms with Crippen LogP contribution in [-0.4, -0.2) is 30.9 Å². The van der Waals surface area contributed by atoms with Crippen LogP contribution in [0.4, 0.5) is 4.39 Å². The number of benzene rings is 1. The first kappa shape index (κ1) is 12.6. The summed E-state index contributed by atoms with van der Waals surface area (Å²) in [7, 11) is 1.94. The maximum absolute atomic E-state index is 12.9. The molecule has 3 nitrogen and oxygen atoms in total. The van der Waals surface area contributed by atoms with Crippen molar-refractivity contribution in [1.29, 1.82) is 0 Å². The summed E-state index contributed by atoms with van der Waals surface area (Å²) in [6, 6.07) is 6.54. The third kappa shape index (κ3) is 4.89. The van der Waals surface area contributed by atoms with Gasteiger partial charge in [0.1, 0.15) is 5.82 Å². The van der Waals surface area contributed by atoms with Crippen LogP contribution in [0.5, 0.6) is 0 Å². The van der Waals surface area contributed by atoms with Crippen molar-refractivity contribution in [2.45, 2.75) is 13.5 Å². The Hall–Kier alpha value is -1.42. The molecule has 0 spiro atoms. The molecule has 0 saturated heterocycles. The van der Waals surface area contributed by atoms with Gasteiger partial charge in [0.05, 0.1) is 0 Å². The SMILES string of the molecule is CC(=O)NCCN(C)Cc1cccc(F)c1. The summed E-state index contributed by atoms with van der Waals surface area (Å²) in [5, 5.41) is 2.72. The monoisotopic (exact) mass is 224 g/mol. The summed E-state index contributed by atoms with van der Waals surface area (Å²) in [6.07, 6.45) is 0. The van der Waals surface area contributed by atoms with E-state index < -0.39 is 0 Å².